The summed E-state index contributed by atoms with van der Waals surface area (Å²) in [7, 11) is 0. The Hall–Kier alpha value is -2.97. The van der Waals surface area contributed by atoms with Crippen molar-refractivity contribution < 1.29 is 27.4 Å². The van der Waals surface area contributed by atoms with E-state index in [4.69, 9.17) is 4.74 Å². The van der Waals surface area contributed by atoms with Crippen LogP contribution in [0, 0.1) is 5.92 Å². The summed E-state index contributed by atoms with van der Waals surface area (Å²) in [6.07, 6.45) is 0.725. The van der Waals surface area contributed by atoms with Gasteiger partial charge in [0.2, 0.25) is 5.56 Å². The lowest BCUT2D eigenvalue weighted by atomic mass is 10.1. The molecule has 3 rings (SSSR count). The van der Waals surface area contributed by atoms with Crippen LogP contribution >= 0.6 is 0 Å². The molecule has 1 heterocycles. The number of anilines is 1. The number of benzene rings is 1. The average Bonchev–Trinajstić information content (AvgIpc) is 3.12. The first kappa shape index (κ1) is 19.8. The fourth-order valence-corrected chi connectivity index (χ4v) is 3.11. The summed E-state index contributed by atoms with van der Waals surface area (Å²) in [5.74, 6) is -0.727. The minimum Gasteiger partial charge on any atom is -0.492 e. The van der Waals surface area contributed by atoms with Gasteiger partial charge in [0.1, 0.15) is 11.5 Å². The molecule has 0 saturated heterocycles. The highest BCUT2D eigenvalue weighted by Gasteiger charge is 2.31. The minimum atomic E-state index is -4.88. The van der Waals surface area contributed by atoms with Gasteiger partial charge in [-0.25, -0.2) is 0 Å². The van der Waals surface area contributed by atoms with Crippen LogP contribution in [0.2, 0.25) is 0 Å². The molecule has 2 aromatic rings. The van der Waals surface area contributed by atoms with Crippen molar-refractivity contribution in [2.24, 2.45) is 5.92 Å². The number of aromatic amines is 1. The number of halogens is 3. The molecule has 0 radical (unpaired) electrons. The Bertz CT molecular complexity index is 889. The van der Waals surface area contributed by atoms with E-state index in [1.54, 1.807) is 0 Å². The SMILES string of the molecule is O=C(Nc1cc[nH]c(=O)c1)c1cc(OC(F)(F)F)ccc1OCC1CCCC1. The molecule has 2 N–H and O–H groups in total. The van der Waals surface area contributed by atoms with Crippen LogP contribution < -0.4 is 20.3 Å². The molecule has 0 bridgehead atoms. The van der Waals surface area contributed by atoms with Crippen molar-refractivity contribution in [1.29, 1.82) is 0 Å². The molecular weight excluding hydrogens is 377 g/mol. The zero-order valence-electron chi connectivity index (χ0n) is 14.8. The van der Waals surface area contributed by atoms with E-state index in [0.717, 1.165) is 43.9 Å². The van der Waals surface area contributed by atoms with Gasteiger partial charge in [-0.05, 0) is 43.0 Å². The second-order valence-electron chi connectivity index (χ2n) is 6.56. The van der Waals surface area contributed by atoms with Crippen LogP contribution in [0.4, 0.5) is 18.9 Å². The molecule has 150 valence electrons. The number of amides is 1. The molecule has 0 unspecified atom stereocenters. The highest BCUT2D eigenvalue weighted by atomic mass is 19.4. The Balaban J connectivity index is 1.83. The lowest BCUT2D eigenvalue weighted by Crippen LogP contribution is -2.19. The van der Waals surface area contributed by atoms with Crippen molar-refractivity contribution in [3.8, 4) is 11.5 Å². The van der Waals surface area contributed by atoms with Crippen LogP contribution in [0.5, 0.6) is 11.5 Å². The van der Waals surface area contributed by atoms with Gasteiger partial charge in [-0.2, -0.15) is 0 Å². The van der Waals surface area contributed by atoms with Gasteiger partial charge in [0.05, 0.1) is 12.2 Å². The van der Waals surface area contributed by atoms with Gasteiger partial charge in [0.25, 0.3) is 5.91 Å². The van der Waals surface area contributed by atoms with Crippen LogP contribution in [0.3, 0.4) is 0 Å². The molecule has 9 heteroatoms. The summed E-state index contributed by atoms with van der Waals surface area (Å²) in [6.45, 7) is 0.380. The Morgan fingerprint density at radius 2 is 1.93 bits per heavy atom. The molecule has 0 spiro atoms. The molecule has 1 aliphatic carbocycles. The maximum absolute atomic E-state index is 12.6. The van der Waals surface area contributed by atoms with Crippen molar-refractivity contribution in [3.05, 3.63) is 52.4 Å². The molecule has 0 atom stereocenters. The number of hydrogen-bond acceptors (Lipinski definition) is 4. The molecule has 1 fully saturated rings. The van der Waals surface area contributed by atoms with Crippen LogP contribution in [0.1, 0.15) is 36.0 Å². The maximum Gasteiger partial charge on any atom is 0.573 e. The van der Waals surface area contributed by atoms with E-state index < -0.39 is 23.6 Å². The largest absolute Gasteiger partial charge is 0.573 e. The number of alkyl halides is 3. The van der Waals surface area contributed by atoms with Crippen molar-refractivity contribution in [1.82, 2.24) is 4.98 Å². The van der Waals surface area contributed by atoms with Crippen molar-refractivity contribution in [2.45, 2.75) is 32.0 Å². The molecule has 1 saturated carbocycles. The Morgan fingerprint density at radius 1 is 1.18 bits per heavy atom. The predicted molar refractivity (Wildman–Crippen MR) is 95.6 cm³/mol. The number of carbonyl (C=O) groups is 1. The van der Waals surface area contributed by atoms with Gasteiger partial charge >= 0.3 is 6.36 Å². The Labute approximate surface area is 158 Å². The quantitative estimate of drug-likeness (QED) is 0.771. The van der Waals surface area contributed by atoms with E-state index in [1.165, 1.54) is 18.3 Å². The van der Waals surface area contributed by atoms with E-state index >= 15 is 0 Å². The zero-order chi connectivity index (χ0) is 20.1. The lowest BCUT2D eigenvalue weighted by molar-refractivity contribution is -0.274. The average molecular weight is 396 g/mol. The topological polar surface area (TPSA) is 80.4 Å². The number of nitrogens with one attached hydrogen (secondary N) is 2. The second-order valence-corrected chi connectivity index (χ2v) is 6.56. The van der Waals surface area contributed by atoms with Crippen LogP contribution in [-0.2, 0) is 0 Å². The predicted octanol–water partition coefficient (Wildman–Crippen LogP) is 4.09. The van der Waals surface area contributed by atoms with Crippen molar-refractivity contribution >= 4 is 11.6 Å². The third kappa shape index (κ3) is 5.51. The summed E-state index contributed by atoms with van der Waals surface area (Å²) >= 11 is 0. The summed E-state index contributed by atoms with van der Waals surface area (Å²) < 4.78 is 47.2. The third-order valence-electron chi connectivity index (χ3n) is 4.41. The Kier molecular flexibility index (Phi) is 5.91. The number of pyridine rings is 1. The Morgan fingerprint density at radius 3 is 2.61 bits per heavy atom. The first-order valence-electron chi connectivity index (χ1n) is 8.83. The minimum absolute atomic E-state index is 0.111. The lowest BCUT2D eigenvalue weighted by Gasteiger charge is -2.16. The van der Waals surface area contributed by atoms with Gasteiger partial charge in [-0.1, -0.05) is 12.8 Å². The molecule has 1 aliphatic rings. The van der Waals surface area contributed by atoms with Gasteiger partial charge in [-0.15, -0.1) is 13.2 Å². The highest BCUT2D eigenvalue weighted by Crippen LogP contribution is 2.31. The maximum atomic E-state index is 12.6. The van der Waals surface area contributed by atoms with Crippen LogP contribution in [0.25, 0.3) is 0 Å². The molecule has 1 aromatic heterocycles. The molecule has 1 amide bonds. The molecule has 1 aromatic carbocycles. The number of aromatic nitrogens is 1. The van der Waals surface area contributed by atoms with Crippen LogP contribution in [0.15, 0.2) is 41.3 Å². The smallest absolute Gasteiger partial charge is 0.492 e. The third-order valence-corrected chi connectivity index (χ3v) is 4.41. The van der Waals surface area contributed by atoms with Gasteiger partial charge < -0.3 is 19.8 Å². The number of ether oxygens (including phenoxy) is 2. The fourth-order valence-electron chi connectivity index (χ4n) is 3.11. The van der Waals surface area contributed by atoms with Crippen molar-refractivity contribution in [2.75, 3.05) is 11.9 Å². The number of carbonyl (C=O) groups excluding carboxylic acids is 1. The van der Waals surface area contributed by atoms with Crippen molar-refractivity contribution in [3.63, 3.8) is 0 Å². The van der Waals surface area contributed by atoms with E-state index in [1.807, 2.05) is 0 Å². The van der Waals surface area contributed by atoms with E-state index in [0.29, 0.717) is 12.5 Å². The summed E-state index contributed by atoms with van der Waals surface area (Å²) in [5, 5.41) is 2.48. The highest BCUT2D eigenvalue weighted by molar-refractivity contribution is 6.06. The fraction of sp³-hybridized carbons (Fsp3) is 0.368. The van der Waals surface area contributed by atoms with Crippen LogP contribution in [-0.4, -0.2) is 23.9 Å². The van der Waals surface area contributed by atoms with Gasteiger partial charge in [0.15, 0.2) is 0 Å². The zero-order valence-corrected chi connectivity index (χ0v) is 14.8. The van der Waals surface area contributed by atoms with E-state index in [2.05, 4.69) is 15.0 Å². The van der Waals surface area contributed by atoms with Gasteiger partial charge in [-0.3, -0.25) is 9.59 Å². The number of hydrogen-bond donors (Lipinski definition) is 2. The molecule has 0 aliphatic heterocycles. The first-order valence-corrected chi connectivity index (χ1v) is 8.83. The normalized spacial score (nSPS) is 14.7. The van der Waals surface area contributed by atoms with E-state index in [9.17, 15) is 22.8 Å². The number of H-pyrrole nitrogens is 1. The monoisotopic (exact) mass is 396 g/mol. The number of rotatable bonds is 6. The molecular formula is C19H19F3N2O4. The standard InChI is InChI=1S/C19H19F3N2O4/c20-19(21,22)28-14-5-6-16(27-11-12-3-1-2-4-12)15(10-14)18(26)24-13-7-8-23-17(25)9-13/h5-10,12H,1-4,11H2,(H2,23,24,25,26). The first-order chi connectivity index (χ1) is 13.3. The van der Waals surface area contributed by atoms with E-state index in [-0.39, 0.29) is 17.0 Å². The molecule has 28 heavy (non-hydrogen) atoms. The summed E-state index contributed by atoms with van der Waals surface area (Å²) in [5.41, 5.74) is -0.331. The molecule has 6 nitrogen and oxygen atoms in total. The summed E-state index contributed by atoms with van der Waals surface area (Å²) in [6, 6.07) is 5.96. The van der Waals surface area contributed by atoms with Gasteiger partial charge in [0, 0.05) is 18.0 Å². The summed E-state index contributed by atoms with van der Waals surface area (Å²) in [4.78, 5) is 26.4. The second kappa shape index (κ2) is 8.37.